The zero-order chi connectivity index (χ0) is 8.97. The number of hydrogen-bond acceptors (Lipinski definition) is 2. The van der Waals surface area contributed by atoms with Gasteiger partial charge < -0.3 is 0 Å². The first kappa shape index (κ1) is 9.20. The van der Waals surface area contributed by atoms with E-state index >= 15 is 0 Å². The van der Waals surface area contributed by atoms with Crippen molar-refractivity contribution in [3.63, 3.8) is 0 Å². The van der Waals surface area contributed by atoms with Gasteiger partial charge in [-0.2, -0.15) is 0 Å². The summed E-state index contributed by atoms with van der Waals surface area (Å²) in [6.45, 7) is 3.81. The molecule has 0 bridgehead atoms. The number of carbonyl (C=O) groups excluding carboxylic acids is 1. The highest BCUT2D eigenvalue weighted by atomic mass is 32.1. The quantitative estimate of drug-likeness (QED) is 0.653. The molecule has 1 heterocycles. The lowest BCUT2D eigenvalue weighted by atomic mass is 10.1. The summed E-state index contributed by atoms with van der Waals surface area (Å²) < 4.78 is 0. The van der Waals surface area contributed by atoms with Crippen LogP contribution in [0.5, 0.6) is 0 Å². The van der Waals surface area contributed by atoms with E-state index in [1.54, 1.807) is 17.4 Å². The predicted molar refractivity (Wildman–Crippen MR) is 53.2 cm³/mol. The Bertz CT molecular complexity index is 270. The van der Waals surface area contributed by atoms with Crippen LogP contribution in [0.25, 0.3) is 6.08 Å². The van der Waals surface area contributed by atoms with Gasteiger partial charge in [-0.3, -0.25) is 4.79 Å². The van der Waals surface area contributed by atoms with Crippen LogP contribution in [0.15, 0.2) is 23.6 Å². The van der Waals surface area contributed by atoms with Gasteiger partial charge in [0.05, 0.1) is 0 Å². The molecule has 1 nitrogen and oxygen atoms in total. The highest BCUT2D eigenvalue weighted by Crippen LogP contribution is 2.10. The average molecular weight is 180 g/mol. The lowest BCUT2D eigenvalue weighted by molar-refractivity contribution is -0.117. The second-order valence-corrected chi connectivity index (χ2v) is 3.89. The molecule has 12 heavy (non-hydrogen) atoms. The molecule has 0 aliphatic heterocycles. The fourth-order valence-electron chi connectivity index (χ4n) is 0.743. The molecule has 64 valence electrons. The minimum absolute atomic E-state index is 0.0983. The highest BCUT2D eigenvalue weighted by Gasteiger charge is 2.00. The summed E-state index contributed by atoms with van der Waals surface area (Å²) in [7, 11) is 0. The molecule has 0 unspecified atom stereocenters. The van der Waals surface area contributed by atoms with Gasteiger partial charge in [0.15, 0.2) is 5.78 Å². The van der Waals surface area contributed by atoms with Crippen LogP contribution in [0.3, 0.4) is 0 Å². The molecule has 1 aromatic rings. The van der Waals surface area contributed by atoms with Gasteiger partial charge in [0.2, 0.25) is 0 Å². The van der Waals surface area contributed by atoms with Gasteiger partial charge in [-0.05, 0) is 23.6 Å². The van der Waals surface area contributed by atoms with Gasteiger partial charge in [-0.1, -0.05) is 19.9 Å². The largest absolute Gasteiger partial charge is 0.295 e. The molecule has 1 rings (SSSR count). The Morgan fingerprint density at radius 1 is 1.58 bits per heavy atom. The van der Waals surface area contributed by atoms with Crippen LogP contribution in [0.2, 0.25) is 0 Å². The molecule has 0 aromatic carbocycles. The third-order valence-corrected chi connectivity index (χ3v) is 2.36. The van der Waals surface area contributed by atoms with Gasteiger partial charge >= 0.3 is 0 Å². The Morgan fingerprint density at radius 3 is 2.83 bits per heavy atom. The molecule has 0 saturated carbocycles. The standard InChI is InChI=1S/C10H12OS/c1-8(2)10(11)6-5-9-4-3-7-12-9/h3-8H,1-2H3. The van der Waals surface area contributed by atoms with Crippen LogP contribution in [0, 0.1) is 5.92 Å². The van der Waals surface area contributed by atoms with Crippen molar-refractivity contribution < 1.29 is 4.79 Å². The summed E-state index contributed by atoms with van der Waals surface area (Å²) in [6.07, 6.45) is 3.52. The van der Waals surface area contributed by atoms with Crippen molar-refractivity contribution in [3.05, 3.63) is 28.5 Å². The van der Waals surface area contributed by atoms with E-state index in [1.807, 2.05) is 37.4 Å². The number of rotatable bonds is 3. The molecule has 0 N–H and O–H groups in total. The molecule has 0 radical (unpaired) electrons. The molecular weight excluding hydrogens is 168 g/mol. The number of allylic oxidation sites excluding steroid dienone is 1. The zero-order valence-electron chi connectivity index (χ0n) is 7.28. The summed E-state index contributed by atoms with van der Waals surface area (Å²) >= 11 is 1.64. The topological polar surface area (TPSA) is 17.1 Å². The van der Waals surface area contributed by atoms with E-state index < -0.39 is 0 Å². The van der Waals surface area contributed by atoms with Crippen molar-refractivity contribution in [2.24, 2.45) is 5.92 Å². The third kappa shape index (κ3) is 2.62. The van der Waals surface area contributed by atoms with Crippen molar-refractivity contribution >= 4 is 23.2 Å². The molecule has 2 heteroatoms. The molecular formula is C10H12OS. The Balaban J connectivity index is 2.57. The average Bonchev–Trinajstić information content (AvgIpc) is 2.51. The molecule has 0 saturated heterocycles. The number of hydrogen-bond donors (Lipinski definition) is 0. The molecule has 0 aliphatic carbocycles. The summed E-state index contributed by atoms with van der Waals surface area (Å²) in [4.78, 5) is 12.3. The van der Waals surface area contributed by atoms with E-state index in [-0.39, 0.29) is 11.7 Å². The Labute approximate surface area is 76.7 Å². The van der Waals surface area contributed by atoms with E-state index in [0.29, 0.717) is 0 Å². The van der Waals surface area contributed by atoms with Gasteiger partial charge in [0, 0.05) is 10.8 Å². The van der Waals surface area contributed by atoms with Crippen molar-refractivity contribution in [1.82, 2.24) is 0 Å². The Kier molecular flexibility index (Phi) is 3.23. The summed E-state index contributed by atoms with van der Waals surface area (Å²) in [5, 5.41) is 2.00. The maximum Gasteiger partial charge on any atom is 0.158 e. The van der Waals surface area contributed by atoms with Crippen LogP contribution in [-0.2, 0) is 4.79 Å². The number of ketones is 1. The number of carbonyl (C=O) groups is 1. The van der Waals surface area contributed by atoms with Crippen LogP contribution in [-0.4, -0.2) is 5.78 Å². The van der Waals surface area contributed by atoms with Crippen molar-refractivity contribution in [2.45, 2.75) is 13.8 Å². The maximum absolute atomic E-state index is 11.2. The fourth-order valence-corrected chi connectivity index (χ4v) is 1.36. The third-order valence-electron chi connectivity index (χ3n) is 1.52. The van der Waals surface area contributed by atoms with Crippen molar-refractivity contribution in [3.8, 4) is 0 Å². The smallest absolute Gasteiger partial charge is 0.158 e. The predicted octanol–water partition coefficient (Wildman–Crippen LogP) is 2.99. The zero-order valence-corrected chi connectivity index (χ0v) is 8.10. The highest BCUT2D eigenvalue weighted by molar-refractivity contribution is 7.10. The fraction of sp³-hybridized carbons (Fsp3) is 0.300. The van der Waals surface area contributed by atoms with Gasteiger partial charge in [0.1, 0.15) is 0 Å². The monoisotopic (exact) mass is 180 g/mol. The van der Waals surface area contributed by atoms with Gasteiger partial charge in [0.25, 0.3) is 0 Å². The summed E-state index contributed by atoms with van der Waals surface area (Å²) in [6, 6.07) is 3.97. The van der Waals surface area contributed by atoms with Crippen LogP contribution < -0.4 is 0 Å². The second-order valence-electron chi connectivity index (χ2n) is 2.91. The molecule has 0 aliphatic rings. The van der Waals surface area contributed by atoms with Gasteiger partial charge in [-0.25, -0.2) is 0 Å². The molecule has 0 spiro atoms. The Hall–Kier alpha value is -0.890. The molecule has 1 aromatic heterocycles. The maximum atomic E-state index is 11.2. The van der Waals surface area contributed by atoms with Crippen molar-refractivity contribution in [1.29, 1.82) is 0 Å². The molecule has 0 atom stereocenters. The van der Waals surface area contributed by atoms with Crippen LogP contribution in [0.4, 0.5) is 0 Å². The van der Waals surface area contributed by atoms with E-state index in [4.69, 9.17) is 0 Å². The first-order valence-electron chi connectivity index (χ1n) is 3.95. The first-order valence-corrected chi connectivity index (χ1v) is 4.83. The van der Waals surface area contributed by atoms with Crippen LogP contribution in [0.1, 0.15) is 18.7 Å². The van der Waals surface area contributed by atoms with E-state index in [2.05, 4.69) is 0 Å². The SMILES string of the molecule is CC(C)C(=O)C=Cc1cccs1. The van der Waals surface area contributed by atoms with E-state index in [1.165, 1.54) is 0 Å². The summed E-state index contributed by atoms with van der Waals surface area (Å²) in [5.74, 6) is 0.282. The minimum atomic E-state index is 0.0983. The van der Waals surface area contributed by atoms with Crippen LogP contribution >= 0.6 is 11.3 Å². The normalized spacial score (nSPS) is 11.2. The Morgan fingerprint density at radius 2 is 2.33 bits per heavy atom. The minimum Gasteiger partial charge on any atom is -0.295 e. The first-order chi connectivity index (χ1) is 5.70. The second kappa shape index (κ2) is 4.21. The number of thiophene rings is 1. The lowest BCUT2D eigenvalue weighted by Gasteiger charge is -1.94. The van der Waals surface area contributed by atoms with E-state index in [9.17, 15) is 4.79 Å². The van der Waals surface area contributed by atoms with Gasteiger partial charge in [-0.15, -0.1) is 11.3 Å². The molecule has 0 amide bonds. The lowest BCUT2D eigenvalue weighted by Crippen LogP contribution is -2.01. The van der Waals surface area contributed by atoms with E-state index in [0.717, 1.165) is 4.88 Å². The van der Waals surface area contributed by atoms with Crippen molar-refractivity contribution in [2.75, 3.05) is 0 Å². The summed E-state index contributed by atoms with van der Waals surface area (Å²) in [5.41, 5.74) is 0. The molecule has 0 fully saturated rings.